The van der Waals surface area contributed by atoms with Gasteiger partial charge in [-0.2, -0.15) is 0 Å². The van der Waals surface area contributed by atoms with Gasteiger partial charge in [0.05, 0.1) is 18.8 Å². The molecule has 1 aromatic carbocycles. The molecule has 0 aromatic heterocycles. The highest BCUT2D eigenvalue weighted by atomic mass is 16.5. The average molecular weight is 424 g/mol. The van der Waals surface area contributed by atoms with E-state index >= 15 is 0 Å². The molecule has 30 heavy (non-hydrogen) atoms. The van der Waals surface area contributed by atoms with Crippen LogP contribution in [0.3, 0.4) is 0 Å². The third-order valence-electron chi connectivity index (χ3n) is 4.75. The van der Waals surface area contributed by atoms with Gasteiger partial charge >= 0.3 is 11.9 Å². The van der Waals surface area contributed by atoms with Crippen LogP contribution in [0.1, 0.15) is 58.6 Å². The summed E-state index contributed by atoms with van der Waals surface area (Å²) in [4.78, 5) is 20.7. The van der Waals surface area contributed by atoms with Gasteiger partial charge in [0.2, 0.25) is 0 Å². The molecule has 0 bridgehead atoms. The molecule has 0 aliphatic carbocycles. The summed E-state index contributed by atoms with van der Waals surface area (Å²) >= 11 is 0. The lowest BCUT2D eigenvalue weighted by molar-refractivity contribution is -0.159. The number of unbranched alkanes of at least 4 members (excludes halogenated alkanes) is 1. The summed E-state index contributed by atoms with van der Waals surface area (Å²) < 4.78 is 11.9. The maximum atomic E-state index is 9.10. The van der Waals surface area contributed by atoms with Crippen molar-refractivity contribution in [3.05, 3.63) is 29.3 Å². The fraction of sp³-hybridized carbons (Fsp3) is 0.652. The minimum atomic E-state index is -1.82. The minimum absolute atomic E-state index is 0.113. The van der Waals surface area contributed by atoms with Crippen LogP contribution in [0.25, 0.3) is 0 Å². The maximum Gasteiger partial charge on any atom is 0.414 e. The van der Waals surface area contributed by atoms with Crippen molar-refractivity contribution in [1.29, 1.82) is 0 Å². The number of carboxylic acids is 2. The highest BCUT2D eigenvalue weighted by Crippen LogP contribution is 2.32. The van der Waals surface area contributed by atoms with Crippen molar-refractivity contribution in [1.82, 2.24) is 4.90 Å². The summed E-state index contributed by atoms with van der Waals surface area (Å²) in [5, 5.41) is 14.8. The number of ether oxygens (including phenoxy) is 2. The van der Waals surface area contributed by atoms with E-state index in [0.29, 0.717) is 12.2 Å². The van der Waals surface area contributed by atoms with E-state index in [-0.39, 0.29) is 5.41 Å². The number of rotatable bonds is 6. The molecule has 2 rings (SSSR count). The Morgan fingerprint density at radius 3 is 2.17 bits per heavy atom. The van der Waals surface area contributed by atoms with Crippen molar-refractivity contribution in [2.75, 3.05) is 26.2 Å². The number of aliphatic carboxylic acids is 2. The minimum Gasteiger partial charge on any atom is -0.493 e. The Balaban J connectivity index is 0.000000656. The molecule has 1 fully saturated rings. The van der Waals surface area contributed by atoms with Crippen LogP contribution in [0.2, 0.25) is 0 Å². The SMILES string of the molecule is Cc1ccc(OCCCCN2CC(C)OC(C)C2)c(C(C)(C)C)c1.O=C(O)C(=O)O. The summed E-state index contributed by atoms with van der Waals surface area (Å²) in [5.74, 6) is -2.60. The van der Waals surface area contributed by atoms with E-state index in [1.807, 2.05) is 0 Å². The van der Waals surface area contributed by atoms with Crippen LogP contribution in [0, 0.1) is 6.92 Å². The summed E-state index contributed by atoms with van der Waals surface area (Å²) in [6, 6.07) is 6.52. The number of benzene rings is 1. The van der Waals surface area contributed by atoms with Gasteiger partial charge in [-0.25, -0.2) is 9.59 Å². The molecule has 7 heteroatoms. The number of hydrogen-bond donors (Lipinski definition) is 2. The van der Waals surface area contributed by atoms with Crippen molar-refractivity contribution in [2.45, 2.75) is 72.0 Å². The third-order valence-corrected chi connectivity index (χ3v) is 4.75. The number of morpholine rings is 1. The number of aryl methyl sites for hydroxylation is 1. The van der Waals surface area contributed by atoms with E-state index in [1.165, 1.54) is 17.5 Å². The molecular weight excluding hydrogens is 386 g/mol. The fourth-order valence-corrected chi connectivity index (χ4v) is 3.44. The first-order valence-corrected chi connectivity index (χ1v) is 10.5. The Kier molecular flexibility index (Phi) is 10.3. The van der Waals surface area contributed by atoms with Gasteiger partial charge in [0, 0.05) is 13.1 Å². The van der Waals surface area contributed by atoms with Gasteiger partial charge in [0.15, 0.2) is 0 Å². The lowest BCUT2D eigenvalue weighted by atomic mass is 9.85. The molecule has 0 amide bonds. The van der Waals surface area contributed by atoms with Crippen LogP contribution in [-0.4, -0.2) is 65.5 Å². The highest BCUT2D eigenvalue weighted by Gasteiger charge is 2.22. The first kappa shape index (κ1) is 25.9. The third kappa shape index (κ3) is 9.59. The largest absolute Gasteiger partial charge is 0.493 e. The molecular formula is C23H37NO6. The topological polar surface area (TPSA) is 96.3 Å². The molecule has 0 spiro atoms. The van der Waals surface area contributed by atoms with Crippen LogP contribution in [0.5, 0.6) is 5.75 Å². The maximum absolute atomic E-state index is 9.10. The van der Waals surface area contributed by atoms with Crippen LogP contribution >= 0.6 is 0 Å². The Hall–Kier alpha value is -2.12. The van der Waals surface area contributed by atoms with Crippen LogP contribution in [-0.2, 0) is 19.7 Å². The highest BCUT2D eigenvalue weighted by molar-refractivity contribution is 6.27. The second-order valence-electron chi connectivity index (χ2n) is 8.93. The number of carboxylic acid groups (broad SMARTS) is 2. The standard InChI is InChI=1S/C21H35NO2.C2H2O4/c1-16-9-10-20(19(13-16)21(4,5)6)23-12-8-7-11-22-14-17(2)24-18(3)15-22;3-1(4)2(5)6/h9-10,13,17-18H,7-8,11-12,14-15H2,1-6H3;(H,3,4)(H,5,6). The molecule has 2 N–H and O–H groups in total. The molecule has 1 aromatic rings. The number of carbonyl (C=O) groups is 2. The predicted octanol–water partition coefficient (Wildman–Crippen LogP) is 3.72. The Bertz CT molecular complexity index is 675. The monoisotopic (exact) mass is 423 g/mol. The Morgan fingerprint density at radius 2 is 1.67 bits per heavy atom. The Labute approximate surface area is 180 Å². The summed E-state index contributed by atoms with van der Waals surface area (Å²) in [5.41, 5.74) is 2.71. The first-order valence-electron chi connectivity index (χ1n) is 10.5. The van der Waals surface area contributed by atoms with Crippen molar-refractivity contribution >= 4 is 11.9 Å². The summed E-state index contributed by atoms with van der Waals surface area (Å²) in [6.45, 7) is 17.2. The molecule has 2 atom stereocenters. The lowest BCUT2D eigenvalue weighted by Gasteiger charge is -2.35. The molecule has 2 unspecified atom stereocenters. The first-order chi connectivity index (χ1) is 13.9. The van der Waals surface area contributed by atoms with Gasteiger partial charge in [0.25, 0.3) is 0 Å². The zero-order valence-corrected chi connectivity index (χ0v) is 19.1. The van der Waals surface area contributed by atoms with Crippen molar-refractivity contribution in [3.8, 4) is 5.75 Å². The predicted molar refractivity (Wildman–Crippen MR) is 116 cm³/mol. The second-order valence-corrected chi connectivity index (χ2v) is 8.93. The van der Waals surface area contributed by atoms with Crippen LogP contribution in [0.4, 0.5) is 0 Å². The smallest absolute Gasteiger partial charge is 0.414 e. The number of nitrogens with zero attached hydrogens (tertiary/aromatic N) is 1. The zero-order chi connectivity index (χ0) is 22.9. The molecule has 1 saturated heterocycles. The molecule has 1 aliphatic heterocycles. The van der Waals surface area contributed by atoms with Gasteiger partial charge in [-0.1, -0.05) is 38.5 Å². The quantitative estimate of drug-likeness (QED) is 0.532. The van der Waals surface area contributed by atoms with E-state index in [0.717, 1.165) is 38.4 Å². The van der Waals surface area contributed by atoms with Crippen LogP contribution in [0.15, 0.2) is 18.2 Å². The van der Waals surface area contributed by atoms with Crippen molar-refractivity contribution in [2.24, 2.45) is 0 Å². The zero-order valence-electron chi connectivity index (χ0n) is 19.1. The van der Waals surface area contributed by atoms with Gasteiger partial charge in [0.1, 0.15) is 5.75 Å². The molecule has 1 heterocycles. The molecule has 0 radical (unpaired) electrons. The van der Waals surface area contributed by atoms with Gasteiger partial charge in [-0.15, -0.1) is 0 Å². The van der Waals surface area contributed by atoms with E-state index < -0.39 is 11.9 Å². The second kappa shape index (κ2) is 11.9. The molecule has 170 valence electrons. The lowest BCUT2D eigenvalue weighted by Crippen LogP contribution is -2.45. The van der Waals surface area contributed by atoms with Gasteiger partial charge < -0.3 is 19.7 Å². The molecule has 7 nitrogen and oxygen atoms in total. The summed E-state index contributed by atoms with van der Waals surface area (Å²) in [6.07, 6.45) is 2.98. The van der Waals surface area contributed by atoms with E-state index in [1.54, 1.807) is 0 Å². The van der Waals surface area contributed by atoms with Crippen molar-refractivity contribution in [3.63, 3.8) is 0 Å². The molecule has 0 saturated carbocycles. The Morgan fingerprint density at radius 1 is 1.10 bits per heavy atom. The summed E-state index contributed by atoms with van der Waals surface area (Å²) in [7, 11) is 0. The van der Waals surface area contributed by atoms with E-state index in [2.05, 4.69) is 64.6 Å². The fourth-order valence-electron chi connectivity index (χ4n) is 3.44. The number of hydrogen-bond acceptors (Lipinski definition) is 5. The van der Waals surface area contributed by atoms with E-state index in [9.17, 15) is 0 Å². The van der Waals surface area contributed by atoms with Crippen molar-refractivity contribution < 1.29 is 29.3 Å². The average Bonchev–Trinajstić information content (AvgIpc) is 2.61. The van der Waals surface area contributed by atoms with Gasteiger partial charge in [-0.05, 0) is 57.2 Å². The van der Waals surface area contributed by atoms with Crippen LogP contribution < -0.4 is 4.74 Å². The normalized spacial score (nSPS) is 19.5. The molecule has 1 aliphatic rings. The van der Waals surface area contributed by atoms with E-state index in [4.69, 9.17) is 29.3 Å². The van der Waals surface area contributed by atoms with Gasteiger partial charge in [-0.3, -0.25) is 4.90 Å².